The molecule has 9 unspecified atom stereocenters. The molecule has 1 rings (SSSR count). The molecule has 1 saturated carbocycles. The smallest absolute Gasteiger partial charge is 0.0332 e. The van der Waals surface area contributed by atoms with Crippen molar-refractivity contribution in [1.29, 1.82) is 0 Å². The van der Waals surface area contributed by atoms with Crippen LogP contribution in [0.3, 0.4) is 0 Å². The van der Waals surface area contributed by atoms with Crippen LogP contribution in [0, 0.1) is 65.1 Å². The molecular formula is C35H70. The minimum atomic E-state index is 0.849. The van der Waals surface area contributed by atoms with E-state index in [1.807, 2.05) is 0 Å². The van der Waals surface area contributed by atoms with Crippen molar-refractivity contribution >= 4 is 0 Å². The summed E-state index contributed by atoms with van der Waals surface area (Å²) >= 11 is 0. The summed E-state index contributed by atoms with van der Waals surface area (Å²) in [5.74, 6) is 9.82. The van der Waals surface area contributed by atoms with Gasteiger partial charge < -0.3 is 0 Å². The van der Waals surface area contributed by atoms with Crippen LogP contribution >= 0.6 is 0 Å². The average molecular weight is 491 g/mol. The van der Waals surface area contributed by atoms with Crippen molar-refractivity contribution in [3.63, 3.8) is 0 Å². The summed E-state index contributed by atoms with van der Waals surface area (Å²) in [7, 11) is 0. The van der Waals surface area contributed by atoms with Gasteiger partial charge in [-0.2, -0.15) is 0 Å². The van der Waals surface area contributed by atoms with Crippen molar-refractivity contribution in [3.05, 3.63) is 0 Å². The maximum atomic E-state index is 2.68. The molecular weight excluding hydrogens is 420 g/mol. The zero-order chi connectivity index (χ0) is 26.5. The summed E-state index contributed by atoms with van der Waals surface area (Å²) in [5.41, 5.74) is 0. The molecule has 1 aliphatic rings. The van der Waals surface area contributed by atoms with Gasteiger partial charge in [0.1, 0.15) is 0 Å². The van der Waals surface area contributed by atoms with Crippen LogP contribution in [-0.4, -0.2) is 0 Å². The van der Waals surface area contributed by atoms with E-state index >= 15 is 0 Å². The first-order chi connectivity index (χ1) is 16.6. The summed E-state index contributed by atoms with van der Waals surface area (Å²) in [6.07, 6.45) is 18.7. The molecule has 0 heteroatoms. The molecule has 0 saturated heterocycles. The van der Waals surface area contributed by atoms with Gasteiger partial charge in [0.15, 0.2) is 0 Å². The second-order valence-electron chi connectivity index (χ2n) is 14.2. The summed E-state index contributed by atoms with van der Waals surface area (Å²) in [6, 6.07) is 0. The van der Waals surface area contributed by atoms with Gasteiger partial charge in [0.05, 0.1) is 0 Å². The highest BCUT2D eigenvalue weighted by Crippen LogP contribution is 2.47. The Morgan fingerprint density at radius 3 is 1.77 bits per heavy atom. The average Bonchev–Trinajstić information content (AvgIpc) is 3.34. The fraction of sp³-hybridized carbons (Fsp3) is 1.00. The Labute approximate surface area is 224 Å². The monoisotopic (exact) mass is 491 g/mol. The standard InChI is InChI=1S/C35H70/c1-12-18-33(24-28(8)34(27(7)14-3)22-17-19-25(4)5)30(10)31(11)35(32-20-15-16-21-32)29(9)23-26(6)13-2/h25-35H,12-24H2,1-11H3. The van der Waals surface area contributed by atoms with Gasteiger partial charge >= 0.3 is 0 Å². The van der Waals surface area contributed by atoms with Crippen LogP contribution < -0.4 is 0 Å². The zero-order valence-corrected chi connectivity index (χ0v) is 26.5. The van der Waals surface area contributed by atoms with E-state index in [0.717, 1.165) is 65.1 Å². The van der Waals surface area contributed by atoms with Crippen molar-refractivity contribution in [2.75, 3.05) is 0 Å². The molecule has 9 atom stereocenters. The topological polar surface area (TPSA) is 0 Å². The van der Waals surface area contributed by atoms with Gasteiger partial charge in [0, 0.05) is 0 Å². The molecule has 0 aromatic rings. The molecule has 1 fully saturated rings. The van der Waals surface area contributed by atoms with Crippen molar-refractivity contribution in [2.24, 2.45) is 65.1 Å². The fourth-order valence-electron chi connectivity index (χ4n) is 8.31. The molecule has 210 valence electrons. The Hall–Kier alpha value is 0. The molecule has 0 spiro atoms. The first-order valence-electron chi connectivity index (χ1n) is 16.6. The van der Waals surface area contributed by atoms with Crippen molar-refractivity contribution in [2.45, 2.75) is 160 Å². The van der Waals surface area contributed by atoms with Gasteiger partial charge in [-0.05, 0) is 84.4 Å². The first-order valence-corrected chi connectivity index (χ1v) is 16.6. The minimum Gasteiger partial charge on any atom is -0.0654 e. The van der Waals surface area contributed by atoms with Gasteiger partial charge in [-0.15, -0.1) is 0 Å². The Morgan fingerprint density at radius 2 is 1.26 bits per heavy atom. The summed E-state index contributed by atoms with van der Waals surface area (Å²) in [6.45, 7) is 27.7. The molecule has 0 amide bonds. The summed E-state index contributed by atoms with van der Waals surface area (Å²) in [5, 5.41) is 0. The van der Waals surface area contributed by atoms with Crippen LogP contribution in [-0.2, 0) is 0 Å². The third-order valence-electron chi connectivity index (χ3n) is 11.0. The second-order valence-corrected chi connectivity index (χ2v) is 14.2. The Kier molecular flexibility index (Phi) is 16.5. The maximum Gasteiger partial charge on any atom is -0.0332 e. The van der Waals surface area contributed by atoms with Crippen LogP contribution in [0.25, 0.3) is 0 Å². The molecule has 1 aliphatic carbocycles. The van der Waals surface area contributed by atoms with Crippen LogP contribution in [0.5, 0.6) is 0 Å². The Morgan fingerprint density at radius 1 is 0.629 bits per heavy atom. The number of hydrogen-bond donors (Lipinski definition) is 0. The molecule has 0 heterocycles. The molecule has 35 heavy (non-hydrogen) atoms. The van der Waals surface area contributed by atoms with E-state index in [2.05, 4.69) is 76.2 Å². The molecule has 0 nitrogen and oxygen atoms in total. The third kappa shape index (κ3) is 11.1. The zero-order valence-electron chi connectivity index (χ0n) is 26.5. The number of rotatable bonds is 19. The predicted molar refractivity (Wildman–Crippen MR) is 161 cm³/mol. The fourth-order valence-corrected chi connectivity index (χ4v) is 8.31. The lowest BCUT2D eigenvalue weighted by Gasteiger charge is -2.42. The Balaban J connectivity index is 3.00. The molecule has 0 aromatic heterocycles. The third-order valence-corrected chi connectivity index (χ3v) is 11.0. The van der Waals surface area contributed by atoms with Crippen LogP contribution in [0.4, 0.5) is 0 Å². The van der Waals surface area contributed by atoms with Crippen LogP contribution in [0.15, 0.2) is 0 Å². The number of hydrogen-bond acceptors (Lipinski definition) is 0. The molecule has 0 N–H and O–H groups in total. The summed E-state index contributed by atoms with van der Waals surface area (Å²) < 4.78 is 0. The van der Waals surface area contributed by atoms with E-state index in [9.17, 15) is 0 Å². The van der Waals surface area contributed by atoms with E-state index in [-0.39, 0.29) is 0 Å². The highest BCUT2D eigenvalue weighted by molar-refractivity contribution is 4.88. The van der Waals surface area contributed by atoms with Crippen LogP contribution in [0.1, 0.15) is 160 Å². The quantitative estimate of drug-likeness (QED) is 0.169. The first kappa shape index (κ1) is 33.0. The molecule has 0 bridgehead atoms. The normalized spacial score (nSPS) is 23.0. The van der Waals surface area contributed by atoms with Crippen LogP contribution in [0.2, 0.25) is 0 Å². The predicted octanol–water partition coefficient (Wildman–Crippen LogP) is 12.1. The SMILES string of the molecule is CCCC(CC(C)C(CCCC(C)C)C(C)CC)C(C)C(C)C(C(C)CC(C)CC)C1CCCC1. The van der Waals surface area contributed by atoms with Crippen molar-refractivity contribution in [3.8, 4) is 0 Å². The highest BCUT2D eigenvalue weighted by atomic mass is 14.4. The lowest BCUT2D eigenvalue weighted by Crippen LogP contribution is -2.35. The van der Waals surface area contributed by atoms with Crippen molar-refractivity contribution in [1.82, 2.24) is 0 Å². The molecule has 0 radical (unpaired) electrons. The second kappa shape index (κ2) is 17.5. The van der Waals surface area contributed by atoms with Gasteiger partial charge in [-0.3, -0.25) is 0 Å². The van der Waals surface area contributed by atoms with Gasteiger partial charge in [-0.1, -0.05) is 140 Å². The highest BCUT2D eigenvalue weighted by Gasteiger charge is 2.38. The maximum absolute atomic E-state index is 2.68. The van der Waals surface area contributed by atoms with Gasteiger partial charge in [0.25, 0.3) is 0 Å². The van der Waals surface area contributed by atoms with Gasteiger partial charge in [-0.25, -0.2) is 0 Å². The van der Waals surface area contributed by atoms with E-state index in [4.69, 9.17) is 0 Å². The van der Waals surface area contributed by atoms with Crippen molar-refractivity contribution < 1.29 is 0 Å². The minimum absolute atomic E-state index is 0.849. The molecule has 0 aliphatic heterocycles. The van der Waals surface area contributed by atoms with E-state index in [0.29, 0.717) is 0 Å². The summed E-state index contributed by atoms with van der Waals surface area (Å²) in [4.78, 5) is 0. The van der Waals surface area contributed by atoms with Gasteiger partial charge in [0.2, 0.25) is 0 Å². The lowest BCUT2D eigenvalue weighted by atomic mass is 9.63. The van der Waals surface area contributed by atoms with E-state index in [1.54, 1.807) is 0 Å². The van der Waals surface area contributed by atoms with E-state index < -0.39 is 0 Å². The molecule has 0 aromatic carbocycles. The largest absolute Gasteiger partial charge is 0.0654 e. The Bertz CT molecular complexity index is 500. The van der Waals surface area contributed by atoms with E-state index in [1.165, 1.54) is 83.5 Å². The lowest BCUT2D eigenvalue weighted by molar-refractivity contribution is 0.0690.